The largest absolute Gasteiger partial charge is 0.490 e. The van der Waals surface area contributed by atoms with Gasteiger partial charge in [0.25, 0.3) is 0 Å². The second-order valence-corrected chi connectivity index (χ2v) is 6.66. The van der Waals surface area contributed by atoms with E-state index in [1.165, 1.54) is 16.8 Å². The Morgan fingerprint density at radius 3 is 2.69 bits per heavy atom. The van der Waals surface area contributed by atoms with E-state index < -0.39 is 5.82 Å². The van der Waals surface area contributed by atoms with Gasteiger partial charge in [-0.2, -0.15) is 4.68 Å². The number of rotatable bonds is 9. The van der Waals surface area contributed by atoms with E-state index in [4.69, 9.17) is 9.47 Å². The number of aromatic nitrogens is 4. The van der Waals surface area contributed by atoms with E-state index >= 15 is 0 Å². The number of thioether (sulfide) groups is 1. The zero-order valence-electron chi connectivity index (χ0n) is 16.0. The van der Waals surface area contributed by atoms with Crippen LogP contribution in [0.25, 0.3) is 5.69 Å². The molecule has 1 aromatic heterocycles. The van der Waals surface area contributed by atoms with Crippen LogP contribution in [0.2, 0.25) is 0 Å². The van der Waals surface area contributed by atoms with Gasteiger partial charge in [0.15, 0.2) is 11.5 Å². The molecular weight excluding hydrogens is 397 g/mol. The molecule has 1 heterocycles. The lowest BCUT2D eigenvalue weighted by molar-refractivity contribution is -0.113. The van der Waals surface area contributed by atoms with Gasteiger partial charge in [-0.15, -0.1) is 5.10 Å². The normalized spacial score (nSPS) is 10.6. The number of hydrogen-bond donors (Lipinski definition) is 1. The Balaban J connectivity index is 1.64. The van der Waals surface area contributed by atoms with Gasteiger partial charge in [0.1, 0.15) is 5.82 Å². The molecule has 2 aromatic carbocycles. The van der Waals surface area contributed by atoms with Crippen molar-refractivity contribution in [2.75, 3.05) is 24.3 Å². The van der Waals surface area contributed by atoms with Crippen molar-refractivity contribution < 1.29 is 18.7 Å². The number of carbonyl (C=O) groups excluding carboxylic acids is 1. The predicted molar refractivity (Wildman–Crippen MR) is 107 cm³/mol. The zero-order chi connectivity index (χ0) is 20.6. The third-order valence-corrected chi connectivity index (χ3v) is 4.57. The molecule has 152 valence electrons. The molecule has 0 bridgehead atoms. The van der Waals surface area contributed by atoms with E-state index in [1.807, 2.05) is 13.8 Å². The van der Waals surface area contributed by atoms with Crippen LogP contribution >= 0.6 is 11.8 Å². The van der Waals surface area contributed by atoms with Crippen LogP contribution in [-0.2, 0) is 4.79 Å². The minimum Gasteiger partial charge on any atom is -0.490 e. The maximum absolute atomic E-state index is 13.4. The third-order valence-electron chi connectivity index (χ3n) is 3.65. The van der Waals surface area contributed by atoms with E-state index in [1.54, 1.807) is 30.3 Å². The molecule has 1 amide bonds. The van der Waals surface area contributed by atoms with Gasteiger partial charge in [0.05, 0.1) is 24.7 Å². The molecule has 29 heavy (non-hydrogen) atoms. The molecule has 0 aliphatic heterocycles. The molecule has 0 aliphatic carbocycles. The highest BCUT2D eigenvalue weighted by Gasteiger charge is 2.13. The monoisotopic (exact) mass is 417 g/mol. The summed E-state index contributed by atoms with van der Waals surface area (Å²) in [6.07, 6.45) is 0. The molecule has 0 fully saturated rings. The highest BCUT2D eigenvalue weighted by Crippen LogP contribution is 2.30. The predicted octanol–water partition coefficient (Wildman–Crippen LogP) is 3.33. The SMILES string of the molecule is CCOc1ccc(NC(=O)CSc2nnnn2-c2cccc(F)c2)cc1OCC. The topological polar surface area (TPSA) is 91.2 Å². The average molecular weight is 417 g/mol. The molecule has 0 atom stereocenters. The van der Waals surface area contributed by atoms with Gasteiger partial charge in [0.2, 0.25) is 11.1 Å². The van der Waals surface area contributed by atoms with Gasteiger partial charge in [0, 0.05) is 11.8 Å². The molecular formula is C19H20FN5O3S. The average Bonchev–Trinajstić information content (AvgIpc) is 3.17. The molecule has 0 spiro atoms. The highest BCUT2D eigenvalue weighted by molar-refractivity contribution is 7.99. The zero-order valence-corrected chi connectivity index (χ0v) is 16.8. The lowest BCUT2D eigenvalue weighted by atomic mass is 10.2. The lowest BCUT2D eigenvalue weighted by Gasteiger charge is -2.13. The number of carbonyl (C=O) groups is 1. The van der Waals surface area contributed by atoms with Crippen molar-refractivity contribution in [2.24, 2.45) is 0 Å². The van der Waals surface area contributed by atoms with E-state index in [0.29, 0.717) is 41.2 Å². The molecule has 3 rings (SSSR count). The Labute approximate surface area is 171 Å². The smallest absolute Gasteiger partial charge is 0.234 e. The van der Waals surface area contributed by atoms with Crippen LogP contribution in [0.15, 0.2) is 47.6 Å². The van der Waals surface area contributed by atoms with E-state index in [9.17, 15) is 9.18 Å². The summed E-state index contributed by atoms with van der Waals surface area (Å²) in [6.45, 7) is 4.76. The summed E-state index contributed by atoms with van der Waals surface area (Å²) in [6, 6.07) is 11.1. The van der Waals surface area contributed by atoms with Crippen LogP contribution in [-0.4, -0.2) is 45.1 Å². The van der Waals surface area contributed by atoms with Crippen molar-refractivity contribution in [3.8, 4) is 17.2 Å². The third kappa shape index (κ3) is 5.44. The first-order valence-corrected chi connectivity index (χ1v) is 9.96. The number of nitrogens with zero attached hydrogens (tertiary/aromatic N) is 4. The minimum absolute atomic E-state index is 0.0763. The van der Waals surface area contributed by atoms with Crippen molar-refractivity contribution in [3.63, 3.8) is 0 Å². The van der Waals surface area contributed by atoms with Crippen molar-refractivity contribution in [1.82, 2.24) is 20.2 Å². The van der Waals surface area contributed by atoms with Gasteiger partial charge >= 0.3 is 0 Å². The Bertz CT molecular complexity index is 982. The second kappa shape index (κ2) is 9.87. The highest BCUT2D eigenvalue weighted by atomic mass is 32.2. The van der Waals surface area contributed by atoms with Crippen LogP contribution in [0, 0.1) is 5.82 Å². The fourth-order valence-corrected chi connectivity index (χ4v) is 3.19. The summed E-state index contributed by atoms with van der Waals surface area (Å²) in [4.78, 5) is 12.3. The molecule has 0 saturated heterocycles. The molecule has 1 N–H and O–H groups in total. The summed E-state index contributed by atoms with van der Waals surface area (Å²) < 4.78 is 25.9. The van der Waals surface area contributed by atoms with E-state index in [2.05, 4.69) is 20.8 Å². The Kier molecular flexibility index (Phi) is 7.01. The molecule has 3 aromatic rings. The number of hydrogen-bond acceptors (Lipinski definition) is 7. The number of anilines is 1. The van der Waals surface area contributed by atoms with Gasteiger partial charge in [-0.05, 0) is 54.6 Å². The standard InChI is InChI=1S/C19H20FN5O3S/c1-3-27-16-9-8-14(11-17(16)28-4-2)21-18(26)12-29-19-22-23-24-25(19)15-7-5-6-13(20)10-15/h5-11H,3-4,12H2,1-2H3,(H,21,26). The van der Waals surface area contributed by atoms with Gasteiger partial charge in [-0.3, -0.25) is 4.79 Å². The van der Waals surface area contributed by atoms with Crippen LogP contribution in [0.4, 0.5) is 10.1 Å². The summed E-state index contributed by atoms with van der Waals surface area (Å²) in [5, 5.41) is 14.5. The first kappa shape index (κ1) is 20.6. The fraction of sp³-hybridized carbons (Fsp3) is 0.263. The van der Waals surface area contributed by atoms with Gasteiger partial charge in [-0.25, -0.2) is 4.39 Å². The quantitative estimate of drug-likeness (QED) is 0.534. The number of benzene rings is 2. The van der Waals surface area contributed by atoms with Gasteiger partial charge in [-0.1, -0.05) is 17.8 Å². The van der Waals surface area contributed by atoms with Crippen LogP contribution in [0.1, 0.15) is 13.8 Å². The van der Waals surface area contributed by atoms with Crippen LogP contribution in [0.3, 0.4) is 0 Å². The van der Waals surface area contributed by atoms with Crippen molar-refractivity contribution in [1.29, 1.82) is 0 Å². The summed E-state index contributed by atoms with van der Waals surface area (Å²) >= 11 is 1.14. The molecule has 0 saturated carbocycles. The summed E-state index contributed by atoms with van der Waals surface area (Å²) in [5.74, 6) is 0.626. The number of nitrogens with one attached hydrogen (secondary N) is 1. The number of amides is 1. The number of halogens is 1. The van der Waals surface area contributed by atoms with Crippen LogP contribution < -0.4 is 14.8 Å². The van der Waals surface area contributed by atoms with Crippen molar-refractivity contribution in [3.05, 3.63) is 48.3 Å². The molecule has 0 unspecified atom stereocenters. The first-order chi connectivity index (χ1) is 14.1. The Hall–Kier alpha value is -3.14. The molecule has 8 nitrogen and oxygen atoms in total. The first-order valence-electron chi connectivity index (χ1n) is 8.97. The molecule has 0 aliphatic rings. The molecule has 0 radical (unpaired) electrons. The van der Waals surface area contributed by atoms with E-state index in [0.717, 1.165) is 11.8 Å². The molecule has 10 heteroatoms. The minimum atomic E-state index is -0.396. The van der Waals surface area contributed by atoms with Crippen molar-refractivity contribution in [2.45, 2.75) is 19.0 Å². The summed E-state index contributed by atoms with van der Waals surface area (Å²) in [5.41, 5.74) is 1.07. The van der Waals surface area contributed by atoms with E-state index in [-0.39, 0.29) is 11.7 Å². The number of tetrazole rings is 1. The Morgan fingerprint density at radius 2 is 1.93 bits per heavy atom. The van der Waals surface area contributed by atoms with Crippen molar-refractivity contribution >= 4 is 23.4 Å². The maximum Gasteiger partial charge on any atom is 0.234 e. The fourth-order valence-electron chi connectivity index (χ4n) is 2.49. The maximum atomic E-state index is 13.4. The van der Waals surface area contributed by atoms with Crippen LogP contribution in [0.5, 0.6) is 11.5 Å². The summed E-state index contributed by atoms with van der Waals surface area (Å²) in [7, 11) is 0. The second-order valence-electron chi connectivity index (χ2n) is 5.72. The van der Waals surface area contributed by atoms with Gasteiger partial charge < -0.3 is 14.8 Å². The number of ether oxygens (including phenoxy) is 2. The lowest BCUT2D eigenvalue weighted by Crippen LogP contribution is -2.15. The Morgan fingerprint density at radius 1 is 1.14 bits per heavy atom.